The highest BCUT2D eigenvalue weighted by Gasteiger charge is 2.24. The number of carbonyl (C=O) groups is 1. The van der Waals surface area contributed by atoms with Gasteiger partial charge in [-0.25, -0.2) is 0 Å². The first-order valence-electron chi connectivity index (χ1n) is 9.06. The van der Waals surface area contributed by atoms with Crippen LogP contribution in [0.25, 0.3) is 0 Å². The molecule has 3 rings (SSSR count). The molecule has 0 spiro atoms. The molecule has 0 saturated carbocycles. The molecule has 6 heteroatoms. The van der Waals surface area contributed by atoms with Gasteiger partial charge in [0.05, 0.1) is 31.1 Å². The fourth-order valence-electron chi connectivity index (χ4n) is 3.46. The van der Waals surface area contributed by atoms with E-state index in [-0.39, 0.29) is 11.8 Å². The van der Waals surface area contributed by atoms with Gasteiger partial charge in [-0.15, -0.1) is 0 Å². The van der Waals surface area contributed by atoms with Crippen molar-refractivity contribution in [3.05, 3.63) is 23.8 Å². The molecule has 0 N–H and O–H groups in total. The number of rotatable bonds is 4. The molecule has 2 fully saturated rings. The Labute approximate surface area is 144 Å². The maximum absolute atomic E-state index is 12.7. The SMILES string of the molecule is Cc1cnc(CC2COCCN(C(=O)CN3CCCCC3)C2)cn1. The van der Waals surface area contributed by atoms with Gasteiger partial charge in [-0.2, -0.15) is 0 Å². The van der Waals surface area contributed by atoms with Crippen LogP contribution >= 0.6 is 0 Å². The van der Waals surface area contributed by atoms with Gasteiger partial charge in [-0.3, -0.25) is 19.7 Å². The lowest BCUT2D eigenvalue weighted by Crippen LogP contribution is -2.44. The number of amides is 1. The van der Waals surface area contributed by atoms with Crippen LogP contribution in [0.3, 0.4) is 0 Å². The maximum atomic E-state index is 12.7. The Kier molecular flexibility index (Phi) is 6.15. The van der Waals surface area contributed by atoms with Crippen LogP contribution in [0.2, 0.25) is 0 Å². The predicted molar refractivity (Wildman–Crippen MR) is 91.7 cm³/mol. The fraction of sp³-hybridized carbons (Fsp3) is 0.722. The molecule has 0 aliphatic carbocycles. The fourth-order valence-corrected chi connectivity index (χ4v) is 3.46. The first kappa shape index (κ1) is 17.3. The molecular weight excluding hydrogens is 304 g/mol. The molecule has 2 aliphatic rings. The van der Waals surface area contributed by atoms with Crippen LogP contribution in [-0.2, 0) is 16.0 Å². The Balaban J connectivity index is 1.55. The van der Waals surface area contributed by atoms with Crippen molar-refractivity contribution in [2.24, 2.45) is 5.92 Å². The summed E-state index contributed by atoms with van der Waals surface area (Å²) in [5.41, 5.74) is 1.90. The largest absolute Gasteiger partial charge is 0.379 e. The summed E-state index contributed by atoms with van der Waals surface area (Å²) < 4.78 is 5.72. The summed E-state index contributed by atoms with van der Waals surface area (Å²) in [6.07, 6.45) is 8.16. The zero-order chi connectivity index (χ0) is 16.8. The first-order valence-corrected chi connectivity index (χ1v) is 9.06. The highest BCUT2D eigenvalue weighted by molar-refractivity contribution is 5.78. The van der Waals surface area contributed by atoms with E-state index in [2.05, 4.69) is 14.9 Å². The molecule has 2 saturated heterocycles. The van der Waals surface area contributed by atoms with Gasteiger partial charge >= 0.3 is 0 Å². The summed E-state index contributed by atoms with van der Waals surface area (Å²) in [7, 11) is 0. The lowest BCUT2D eigenvalue weighted by Gasteiger charge is -2.29. The average molecular weight is 332 g/mol. The van der Waals surface area contributed by atoms with Crippen LogP contribution in [0, 0.1) is 12.8 Å². The quantitative estimate of drug-likeness (QED) is 0.831. The van der Waals surface area contributed by atoms with Gasteiger partial charge in [0.25, 0.3) is 0 Å². The van der Waals surface area contributed by atoms with Crippen LogP contribution < -0.4 is 0 Å². The van der Waals surface area contributed by atoms with Crippen molar-refractivity contribution in [2.75, 3.05) is 45.9 Å². The molecule has 1 unspecified atom stereocenters. The third-order valence-corrected chi connectivity index (χ3v) is 4.83. The monoisotopic (exact) mass is 332 g/mol. The normalized spacial score (nSPS) is 23.0. The molecule has 24 heavy (non-hydrogen) atoms. The van der Waals surface area contributed by atoms with E-state index in [1.165, 1.54) is 19.3 Å². The van der Waals surface area contributed by atoms with Gasteiger partial charge < -0.3 is 9.64 Å². The van der Waals surface area contributed by atoms with Gasteiger partial charge in [0, 0.05) is 31.4 Å². The standard InChI is InChI=1S/C18H28N4O2/c1-15-10-20-17(11-19-15)9-16-12-22(7-8-24-14-16)18(23)13-21-5-3-2-4-6-21/h10-11,16H,2-9,12-14H2,1H3. The summed E-state index contributed by atoms with van der Waals surface area (Å²) in [6.45, 7) is 7.36. The molecule has 0 radical (unpaired) electrons. The van der Waals surface area contributed by atoms with E-state index in [1.807, 2.05) is 18.0 Å². The van der Waals surface area contributed by atoms with E-state index in [9.17, 15) is 4.79 Å². The second-order valence-electron chi connectivity index (χ2n) is 6.97. The van der Waals surface area contributed by atoms with Crippen molar-refractivity contribution in [1.82, 2.24) is 19.8 Å². The molecule has 1 aromatic heterocycles. The lowest BCUT2D eigenvalue weighted by atomic mass is 10.0. The number of piperidine rings is 1. The van der Waals surface area contributed by atoms with Crippen LogP contribution in [0.4, 0.5) is 0 Å². The number of carbonyl (C=O) groups excluding carboxylic acids is 1. The van der Waals surface area contributed by atoms with Crippen molar-refractivity contribution >= 4 is 5.91 Å². The molecule has 0 aromatic carbocycles. The van der Waals surface area contributed by atoms with Gasteiger partial charge in [0.2, 0.25) is 5.91 Å². The molecule has 132 valence electrons. The Bertz CT molecular complexity index is 528. The highest BCUT2D eigenvalue weighted by Crippen LogP contribution is 2.14. The number of likely N-dealkylation sites (tertiary alicyclic amines) is 1. The summed E-state index contributed by atoms with van der Waals surface area (Å²) in [6, 6.07) is 0. The number of aromatic nitrogens is 2. The van der Waals surface area contributed by atoms with E-state index < -0.39 is 0 Å². The Hall–Kier alpha value is -1.53. The number of nitrogens with zero attached hydrogens (tertiary/aromatic N) is 4. The van der Waals surface area contributed by atoms with Gasteiger partial charge in [0.1, 0.15) is 0 Å². The number of hydrogen-bond donors (Lipinski definition) is 0. The third-order valence-electron chi connectivity index (χ3n) is 4.83. The summed E-state index contributed by atoms with van der Waals surface area (Å²) in [5, 5.41) is 0. The molecular formula is C18H28N4O2. The molecule has 1 amide bonds. The van der Waals surface area contributed by atoms with Crippen molar-refractivity contribution in [3.63, 3.8) is 0 Å². The van der Waals surface area contributed by atoms with Crippen LogP contribution in [0.5, 0.6) is 0 Å². The average Bonchev–Trinajstić information content (AvgIpc) is 2.83. The predicted octanol–water partition coefficient (Wildman–Crippen LogP) is 1.29. The zero-order valence-corrected chi connectivity index (χ0v) is 14.6. The molecule has 3 heterocycles. The minimum absolute atomic E-state index is 0.238. The molecule has 1 aromatic rings. The summed E-state index contributed by atoms with van der Waals surface area (Å²) >= 11 is 0. The lowest BCUT2D eigenvalue weighted by molar-refractivity contribution is -0.133. The van der Waals surface area contributed by atoms with Crippen molar-refractivity contribution in [2.45, 2.75) is 32.6 Å². The van der Waals surface area contributed by atoms with E-state index in [1.54, 1.807) is 6.20 Å². The minimum atomic E-state index is 0.238. The van der Waals surface area contributed by atoms with Gasteiger partial charge in [-0.1, -0.05) is 6.42 Å². The number of hydrogen-bond acceptors (Lipinski definition) is 5. The maximum Gasteiger partial charge on any atom is 0.236 e. The second-order valence-corrected chi connectivity index (χ2v) is 6.97. The molecule has 2 aliphatic heterocycles. The summed E-state index contributed by atoms with van der Waals surface area (Å²) in [4.78, 5) is 25.7. The first-order chi connectivity index (χ1) is 11.7. The van der Waals surface area contributed by atoms with Crippen molar-refractivity contribution in [1.29, 1.82) is 0 Å². The zero-order valence-electron chi connectivity index (χ0n) is 14.6. The van der Waals surface area contributed by atoms with E-state index in [0.717, 1.165) is 37.4 Å². The Morgan fingerprint density at radius 2 is 2.04 bits per heavy atom. The van der Waals surface area contributed by atoms with E-state index >= 15 is 0 Å². The van der Waals surface area contributed by atoms with Crippen LogP contribution in [-0.4, -0.2) is 71.6 Å². The number of ether oxygens (including phenoxy) is 1. The van der Waals surface area contributed by atoms with Gasteiger partial charge in [0.15, 0.2) is 0 Å². The Morgan fingerprint density at radius 3 is 2.79 bits per heavy atom. The third kappa shape index (κ3) is 4.98. The topological polar surface area (TPSA) is 58.6 Å². The van der Waals surface area contributed by atoms with Gasteiger partial charge in [-0.05, 0) is 39.3 Å². The number of aryl methyl sites for hydroxylation is 1. The minimum Gasteiger partial charge on any atom is -0.379 e. The van der Waals surface area contributed by atoms with E-state index in [4.69, 9.17) is 4.74 Å². The van der Waals surface area contributed by atoms with Crippen molar-refractivity contribution in [3.8, 4) is 0 Å². The van der Waals surface area contributed by atoms with E-state index in [0.29, 0.717) is 26.3 Å². The van der Waals surface area contributed by atoms with Crippen LogP contribution in [0.15, 0.2) is 12.4 Å². The Morgan fingerprint density at radius 1 is 1.21 bits per heavy atom. The van der Waals surface area contributed by atoms with Crippen molar-refractivity contribution < 1.29 is 9.53 Å². The summed E-state index contributed by atoms with van der Waals surface area (Å²) in [5.74, 6) is 0.525. The highest BCUT2D eigenvalue weighted by atomic mass is 16.5. The second kappa shape index (κ2) is 8.53. The smallest absolute Gasteiger partial charge is 0.236 e. The molecule has 1 atom stereocenters. The molecule has 6 nitrogen and oxygen atoms in total. The molecule has 0 bridgehead atoms. The van der Waals surface area contributed by atoms with Crippen LogP contribution in [0.1, 0.15) is 30.7 Å².